The fourth-order valence-electron chi connectivity index (χ4n) is 2.16. The Morgan fingerprint density at radius 1 is 1.47 bits per heavy atom. The van der Waals surface area contributed by atoms with E-state index in [-0.39, 0.29) is 5.92 Å². The van der Waals surface area contributed by atoms with Gasteiger partial charge in [0.1, 0.15) is 5.78 Å². The average Bonchev–Trinajstić information content (AvgIpc) is 2.27. The van der Waals surface area contributed by atoms with E-state index in [1.54, 1.807) is 0 Å². The van der Waals surface area contributed by atoms with Gasteiger partial charge in [-0.2, -0.15) is 0 Å². The number of rotatable bonds is 6. The summed E-state index contributed by atoms with van der Waals surface area (Å²) in [7, 11) is 0. The highest BCUT2D eigenvalue weighted by atomic mass is 16.5. The molecule has 0 bridgehead atoms. The maximum absolute atomic E-state index is 11.9. The molecular formula is C12H23NO2. The predicted molar refractivity (Wildman–Crippen MR) is 60.6 cm³/mol. The van der Waals surface area contributed by atoms with Gasteiger partial charge in [-0.05, 0) is 25.2 Å². The summed E-state index contributed by atoms with van der Waals surface area (Å²) in [5, 5.41) is 0. The SMILES string of the molecule is CCCC(CN)C(=O)CC1CCOCC1. The van der Waals surface area contributed by atoms with Crippen LogP contribution in [-0.2, 0) is 9.53 Å². The van der Waals surface area contributed by atoms with Crippen LogP contribution in [0.5, 0.6) is 0 Å². The molecule has 0 amide bonds. The number of carbonyl (C=O) groups is 1. The number of Topliss-reactive ketones (excluding diaryl/α,β-unsaturated/α-hetero) is 1. The van der Waals surface area contributed by atoms with Gasteiger partial charge in [0.2, 0.25) is 0 Å². The molecule has 1 fully saturated rings. The Morgan fingerprint density at radius 2 is 2.13 bits per heavy atom. The van der Waals surface area contributed by atoms with Crippen molar-refractivity contribution in [3.63, 3.8) is 0 Å². The number of nitrogens with two attached hydrogens (primary N) is 1. The van der Waals surface area contributed by atoms with Gasteiger partial charge in [0.25, 0.3) is 0 Å². The molecule has 1 unspecified atom stereocenters. The zero-order chi connectivity index (χ0) is 11.1. The first-order valence-corrected chi connectivity index (χ1v) is 6.08. The Kier molecular flexibility index (Phi) is 5.88. The van der Waals surface area contributed by atoms with Crippen LogP contribution in [0.4, 0.5) is 0 Å². The minimum Gasteiger partial charge on any atom is -0.381 e. The molecule has 0 saturated carbocycles. The molecule has 0 radical (unpaired) electrons. The monoisotopic (exact) mass is 213 g/mol. The van der Waals surface area contributed by atoms with E-state index in [9.17, 15) is 4.79 Å². The van der Waals surface area contributed by atoms with Crippen LogP contribution in [-0.4, -0.2) is 25.5 Å². The van der Waals surface area contributed by atoms with Crippen LogP contribution < -0.4 is 5.73 Å². The van der Waals surface area contributed by atoms with Crippen molar-refractivity contribution in [1.29, 1.82) is 0 Å². The van der Waals surface area contributed by atoms with Crippen molar-refractivity contribution in [3.05, 3.63) is 0 Å². The Morgan fingerprint density at radius 3 is 2.67 bits per heavy atom. The second-order valence-corrected chi connectivity index (χ2v) is 4.45. The molecule has 2 N–H and O–H groups in total. The van der Waals surface area contributed by atoms with Crippen LogP contribution in [0.25, 0.3) is 0 Å². The van der Waals surface area contributed by atoms with Crippen molar-refractivity contribution < 1.29 is 9.53 Å². The van der Waals surface area contributed by atoms with Gasteiger partial charge in [-0.3, -0.25) is 4.79 Å². The summed E-state index contributed by atoms with van der Waals surface area (Å²) in [6, 6.07) is 0. The molecule has 1 atom stereocenters. The summed E-state index contributed by atoms with van der Waals surface area (Å²) in [6.45, 7) is 4.25. The van der Waals surface area contributed by atoms with Gasteiger partial charge in [-0.25, -0.2) is 0 Å². The zero-order valence-corrected chi connectivity index (χ0v) is 9.71. The number of ether oxygens (including phenoxy) is 1. The smallest absolute Gasteiger partial charge is 0.137 e. The fraction of sp³-hybridized carbons (Fsp3) is 0.917. The van der Waals surface area contributed by atoms with Gasteiger partial charge in [-0.15, -0.1) is 0 Å². The van der Waals surface area contributed by atoms with Crippen LogP contribution in [0, 0.1) is 11.8 Å². The van der Waals surface area contributed by atoms with Crippen molar-refractivity contribution in [2.45, 2.75) is 39.0 Å². The summed E-state index contributed by atoms with van der Waals surface area (Å²) < 4.78 is 5.28. The molecule has 1 saturated heterocycles. The lowest BCUT2D eigenvalue weighted by atomic mass is 9.88. The Bertz CT molecular complexity index is 188. The van der Waals surface area contributed by atoms with Gasteiger partial charge >= 0.3 is 0 Å². The maximum atomic E-state index is 11.9. The highest BCUT2D eigenvalue weighted by molar-refractivity contribution is 5.81. The van der Waals surface area contributed by atoms with Crippen LogP contribution in [0.3, 0.4) is 0 Å². The van der Waals surface area contributed by atoms with Crippen LogP contribution >= 0.6 is 0 Å². The molecular weight excluding hydrogens is 190 g/mol. The van der Waals surface area contributed by atoms with E-state index in [1.807, 2.05) is 0 Å². The van der Waals surface area contributed by atoms with Crippen molar-refractivity contribution in [3.8, 4) is 0 Å². The largest absolute Gasteiger partial charge is 0.381 e. The van der Waals surface area contributed by atoms with E-state index in [4.69, 9.17) is 10.5 Å². The van der Waals surface area contributed by atoms with Gasteiger partial charge in [0, 0.05) is 32.1 Å². The van der Waals surface area contributed by atoms with E-state index < -0.39 is 0 Å². The lowest BCUT2D eigenvalue weighted by Gasteiger charge is -2.23. The van der Waals surface area contributed by atoms with Gasteiger partial charge < -0.3 is 10.5 Å². The molecule has 3 heteroatoms. The Balaban J connectivity index is 2.31. The number of hydrogen-bond acceptors (Lipinski definition) is 3. The Labute approximate surface area is 92.4 Å². The summed E-state index contributed by atoms with van der Waals surface area (Å²) in [5.74, 6) is 1.00. The van der Waals surface area contributed by atoms with Crippen LogP contribution in [0.15, 0.2) is 0 Å². The molecule has 1 heterocycles. The first kappa shape index (κ1) is 12.7. The molecule has 0 aliphatic carbocycles. The van der Waals surface area contributed by atoms with E-state index in [0.29, 0.717) is 24.7 Å². The second-order valence-electron chi connectivity index (χ2n) is 4.45. The molecule has 0 aromatic rings. The molecule has 0 aromatic carbocycles. The standard InChI is InChI=1S/C12H23NO2/c1-2-3-11(9-13)12(14)8-10-4-6-15-7-5-10/h10-11H,2-9,13H2,1H3. The summed E-state index contributed by atoms with van der Waals surface area (Å²) in [6.07, 6.45) is 4.77. The normalized spacial score (nSPS) is 20.1. The topological polar surface area (TPSA) is 52.3 Å². The second kappa shape index (κ2) is 6.96. The summed E-state index contributed by atoms with van der Waals surface area (Å²) >= 11 is 0. The van der Waals surface area contributed by atoms with Crippen molar-refractivity contribution >= 4 is 5.78 Å². The fourth-order valence-corrected chi connectivity index (χ4v) is 2.16. The van der Waals surface area contributed by atoms with Crippen molar-refractivity contribution in [2.75, 3.05) is 19.8 Å². The number of ketones is 1. The van der Waals surface area contributed by atoms with Gasteiger partial charge in [-0.1, -0.05) is 13.3 Å². The zero-order valence-electron chi connectivity index (χ0n) is 9.71. The lowest BCUT2D eigenvalue weighted by Crippen LogP contribution is -2.27. The third-order valence-electron chi connectivity index (χ3n) is 3.21. The van der Waals surface area contributed by atoms with Crippen LogP contribution in [0.2, 0.25) is 0 Å². The number of carbonyl (C=O) groups excluding carboxylic acids is 1. The van der Waals surface area contributed by atoms with E-state index in [0.717, 1.165) is 38.9 Å². The quantitative estimate of drug-likeness (QED) is 0.731. The average molecular weight is 213 g/mol. The first-order chi connectivity index (χ1) is 7.27. The van der Waals surface area contributed by atoms with E-state index in [1.165, 1.54) is 0 Å². The molecule has 3 nitrogen and oxygen atoms in total. The molecule has 0 spiro atoms. The molecule has 1 aliphatic heterocycles. The van der Waals surface area contributed by atoms with E-state index >= 15 is 0 Å². The lowest BCUT2D eigenvalue weighted by molar-refractivity contribution is -0.124. The Hall–Kier alpha value is -0.410. The van der Waals surface area contributed by atoms with Gasteiger partial charge in [0.15, 0.2) is 0 Å². The highest BCUT2D eigenvalue weighted by Crippen LogP contribution is 2.21. The molecule has 0 aromatic heterocycles. The minimum absolute atomic E-state index is 0.0952. The maximum Gasteiger partial charge on any atom is 0.137 e. The molecule has 1 aliphatic rings. The van der Waals surface area contributed by atoms with Crippen molar-refractivity contribution in [2.24, 2.45) is 17.6 Å². The predicted octanol–water partition coefficient (Wildman–Crippen LogP) is 1.75. The summed E-state index contributed by atoms with van der Waals surface area (Å²) in [5.41, 5.74) is 5.62. The highest BCUT2D eigenvalue weighted by Gasteiger charge is 2.22. The van der Waals surface area contributed by atoms with Crippen LogP contribution in [0.1, 0.15) is 39.0 Å². The molecule has 15 heavy (non-hydrogen) atoms. The number of hydrogen-bond donors (Lipinski definition) is 1. The molecule has 1 rings (SSSR count). The summed E-state index contributed by atoms with van der Waals surface area (Å²) in [4.78, 5) is 11.9. The third kappa shape index (κ3) is 4.31. The first-order valence-electron chi connectivity index (χ1n) is 6.08. The van der Waals surface area contributed by atoms with Crippen molar-refractivity contribution in [1.82, 2.24) is 0 Å². The minimum atomic E-state index is 0.0952. The van der Waals surface area contributed by atoms with E-state index in [2.05, 4.69) is 6.92 Å². The third-order valence-corrected chi connectivity index (χ3v) is 3.21. The van der Waals surface area contributed by atoms with Gasteiger partial charge in [0.05, 0.1) is 0 Å². The molecule has 88 valence electrons.